The summed E-state index contributed by atoms with van der Waals surface area (Å²) in [5.74, 6) is -1.34. The van der Waals surface area contributed by atoms with E-state index >= 15 is 0 Å². The number of carbonyl (C=O) groups excluding carboxylic acids is 4. The molecule has 1 aromatic carbocycles. The summed E-state index contributed by atoms with van der Waals surface area (Å²) in [6.45, 7) is 7.29. The Morgan fingerprint density at radius 3 is 2.29 bits per heavy atom. The van der Waals surface area contributed by atoms with Gasteiger partial charge in [-0.25, -0.2) is 9.59 Å². The maximum atomic E-state index is 13.7. The molecule has 0 radical (unpaired) electrons. The van der Waals surface area contributed by atoms with E-state index in [1.165, 1.54) is 7.11 Å². The monoisotopic (exact) mass is 633 g/mol. The number of likely N-dealkylation sites (tertiary alicyclic amines) is 1. The first kappa shape index (κ1) is 32.4. The number of methoxy groups -OCH3 is 1. The number of rotatable bonds is 13. The number of unbranched alkanes of at least 4 members (excludes halogenated alkanes) is 1. The van der Waals surface area contributed by atoms with Crippen molar-refractivity contribution in [2.45, 2.75) is 90.3 Å². The zero-order valence-corrected chi connectivity index (χ0v) is 26.1. The first-order chi connectivity index (χ1) is 19.6. The molecule has 2 aromatic rings. The van der Waals surface area contributed by atoms with E-state index in [0.717, 1.165) is 48.6 Å². The number of halogens is 1. The van der Waals surface area contributed by atoms with Gasteiger partial charge in [0.15, 0.2) is 0 Å². The molecule has 4 amide bonds. The Labute approximate surface area is 250 Å². The minimum atomic E-state index is -1.01. The zero-order valence-electron chi connectivity index (χ0n) is 24.6. The van der Waals surface area contributed by atoms with E-state index in [2.05, 4.69) is 36.9 Å². The fraction of sp³-hybridized carbons (Fsp3) is 0.600. The van der Waals surface area contributed by atoms with E-state index in [9.17, 15) is 19.2 Å². The summed E-state index contributed by atoms with van der Waals surface area (Å²) < 4.78 is 5.64. The molecule has 1 aliphatic rings. The van der Waals surface area contributed by atoms with E-state index < -0.39 is 35.9 Å². The molecule has 1 aromatic heterocycles. The van der Waals surface area contributed by atoms with Crippen LogP contribution in [-0.4, -0.2) is 72.0 Å². The summed E-state index contributed by atoms with van der Waals surface area (Å²) in [5, 5.41) is 9.55. The summed E-state index contributed by atoms with van der Waals surface area (Å²) in [6.07, 6.45) is 5.55. The van der Waals surface area contributed by atoms with Gasteiger partial charge >= 0.3 is 12.0 Å². The molecule has 3 rings (SSSR count). The number of nitrogens with one attached hydrogen (secondary N) is 4. The fourth-order valence-electron chi connectivity index (χ4n) is 5.16. The van der Waals surface area contributed by atoms with Gasteiger partial charge in [-0.05, 0) is 65.6 Å². The van der Waals surface area contributed by atoms with Gasteiger partial charge in [-0.1, -0.05) is 51.8 Å². The van der Waals surface area contributed by atoms with Crippen LogP contribution >= 0.6 is 15.9 Å². The standard InChI is InChI=1S/C30H44BrN5O5/c1-5-6-13-23(29(39)41-4)33-28(38)25(18-21-20-12-8-9-14-22(20)32-26(21)31)34-27(37)24(17-19(2)3)35-30(40)36-15-10-7-11-16-36/h8-9,12,14,19,23-25,32H,5-7,10-11,13,15-18H2,1-4H3,(H,33,38)(H,34,37)(H,35,40)/t23-,24+,25-/m1/s1. The van der Waals surface area contributed by atoms with Crippen LogP contribution in [0.25, 0.3) is 10.9 Å². The number of carbonyl (C=O) groups is 4. The minimum Gasteiger partial charge on any atom is -0.467 e. The number of aromatic amines is 1. The van der Waals surface area contributed by atoms with Crippen LogP contribution in [0.2, 0.25) is 0 Å². The van der Waals surface area contributed by atoms with Crippen LogP contribution in [0.3, 0.4) is 0 Å². The molecule has 0 unspecified atom stereocenters. The topological polar surface area (TPSA) is 133 Å². The zero-order chi connectivity index (χ0) is 29.9. The fourth-order valence-corrected chi connectivity index (χ4v) is 5.75. The molecular weight excluding hydrogens is 590 g/mol. The lowest BCUT2D eigenvalue weighted by molar-refractivity contribution is -0.145. The van der Waals surface area contributed by atoms with Gasteiger partial charge in [0.25, 0.3) is 0 Å². The number of hydrogen-bond acceptors (Lipinski definition) is 5. The van der Waals surface area contributed by atoms with Crippen molar-refractivity contribution in [1.29, 1.82) is 0 Å². The molecule has 1 saturated heterocycles. The van der Waals surface area contributed by atoms with E-state index in [1.54, 1.807) is 4.90 Å². The Morgan fingerprint density at radius 2 is 1.63 bits per heavy atom. The largest absolute Gasteiger partial charge is 0.467 e. The average Bonchev–Trinajstić information content (AvgIpc) is 3.28. The predicted molar refractivity (Wildman–Crippen MR) is 162 cm³/mol. The molecule has 0 spiro atoms. The second kappa shape index (κ2) is 15.8. The maximum Gasteiger partial charge on any atom is 0.328 e. The second-order valence-electron chi connectivity index (χ2n) is 11.1. The number of fused-ring (bicyclic) bond motifs is 1. The van der Waals surface area contributed by atoms with Gasteiger partial charge in [0, 0.05) is 30.4 Å². The average molecular weight is 635 g/mol. The SMILES string of the molecule is CCCC[C@@H](NC(=O)[C@@H](Cc1c(Br)[nH]c2ccccc12)NC(=O)[C@H](CC(C)C)NC(=O)N1CCCCC1)C(=O)OC. The number of para-hydroxylation sites is 1. The van der Waals surface area contributed by atoms with Crippen LogP contribution < -0.4 is 16.0 Å². The number of benzene rings is 1. The van der Waals surface area contributed by atoms with Gasteiger partial charge in [-0.3, -0.25) is 9.59 Å². The summed E-state index contributed by atoms with van der Waals surface area (Å²) in [4.78, 5) is 57.9. The molecule has 226 valence electrons. The number of ether oxygens (including phenoxy) is 1. The van der Waals surface area contributed by atoms with Crippen molar-refractivity contribution in [3.63, 3.8) is 0 Å². The first-order valence-corrected chi connectivity index (χ1v) is 15.4. The number of hydrogen-bond donors (Lipinski definition) is 4. The van der Waals surface area contributed by atoms with Crippen LogP contribution in [0.5, 0.6) is 0 Å². The van der Waals surface area contributed by atoms with Crippen LogP contribution in [0, 0.1) is 5.92 Å². The van der Waals surface area contributed by atoms with Gasteiger partial charge in [-0.2, -0.15) is 0 Å². The molecule has 10 nitrogen and oxygen atoms in total. The molecular formula is C30H44BrN5O5. The Bertz CT molecular complexity index is 1190. The minimum absolute atomic E-state index is 0.125. The normalized spacial score (nSPS) is 15.7. The number of aromatic nitrogens is 1. The van der Waals surface area contributed by atoms with Crippen LogP contribution in [0.1, 0.15) is 71.3 Å². The highest BCUT2D eigenvalue weighted by atomic mass is 79.9. The molecule has 1 aliphatic heterocycles. The Balaban J connectivity index is 1.87. The highest BCUT2D eigenvalue weighted by molar-refractivity contribution is 9.10. The van der Waals surface area contributed by atoms with Crippen LogP contribution in [0.15, 0.2) is 28.9 Å². The third-order valence-electron chi connectivity index (χ3n) is 7.42. The molecule has 41 heavy (non-hydrogen) atoms. The maximum absolute atomic E-state index is 13.7. The smallest absolute Gasteiger partial charge is 0.328 e. The Hall–Kier alpha value is -3.08. The van der Waals surface area contributed by atoms with E-state index in [0.29, 0.717) is 30.5 Å². The Morgan fingerprint density at radius 1 is 0.976 bits per heavy atom. The van der Waals surface area contributed by atoms with Crippen molar-refractivity contribution in [3.8, 4) is 0 Å². The first-order valence-electron chi connectivity index (χ1n) is 14.6. The van der Waals surface area contributed by atoms with Crippen molar-refractivity contribution in [2.75, 3.05) is 20.2 Å². The van der Waals surface area contributed by atoms with E-state index in [4.69, 9.17) is 4.74 Å². The lowest BCUT2D eigenvalue weighted by atomic mass is 10.0. The molecule has 0 saturated carbocycles. The van der Waals surface area contributed by atoms with Crippen molar-refractivity contribution >= 4 is 50.6 Å². The molecule has 3 atom stereocenters. The molecule has 2 heterocycles. The van der Waals surface area contributed by atoms with Crippen molar-refractivity contribution in [3.05, 3.63) is 34.4 Å². The highest BCUT2D eigenvalue weighted by Crippen LogP contribution is 2.28. The molecule has 1 fully saturated rings. The summed E-state index contributed by atoms with van der Waals surface area (Å²) in [6, 6.07) is 4.78. The van der Waals surface area contributed by atoms with Gasteiger partial charge in [0.05, 0.1) is 11.7 Å². The molecule has 11 heteroatoms. The quantitative estimate of drug-likeness (QED) is 0.243. The van der Waals surface area contributed by atoms with Crippen molar-refractivity contribution in [1.82, 2.24) is 25.8 Å². The third-order valence-corrected chi connectivity index (χ3v) is 8.09. The summed E-state index contributed by atoms with van der Waals surface area (Å²) >= 11 is 3.57. The van der Waals surface area contributed by atoms with Gasteiger partial charge in [-0.15, -0.1) is 0 Å². The molecule has 0 aliphatic carbocycles. The molecule has 0 bridgehead atoms. The predicted octanol–water partition coefficient (Wildman–Crippen LogP) is 4.42. The molecule has 4 N–H and O–H groups in total. The van der Waals surface area contributed by atoms with Crippen LogP contribution in [0.4, 0.5) is 4.79 Å². The lowest BCUT2D eigenvalue weighted by Crippen LogP contribution is -2.58. The summed E-state index contributed by atoms with van der Waals surface area (Å²) in [7, 11) is 1.29. The number of amides is 4. The number of esters is 1. The number of urea groups is 1. The number of H-pyrrole nitrogens is 1. The van der Waals surface area contributed by atoms with Crippen LogP contribution in [-0.2, 0) is 25.5 Å². The number of piperidine rings is 1. The van der Waals surface area contributed by atoms with Crippen molar-refractivity contribution in [2.24, 2.45) is 5.92 Å². The van der Waals surface area contributed by atoms with Gasteiger partial charge in [0.2, 0.25) is 11.8 Å². The van der Waals surface area contributed by atoms with E-state index in [-0.39, 0.29) is 18.4 Å². The van der Waals surface area contributed by atoms with E-state index in [1.807, 2.05) is 45.0 Å². The Kier molecular flexibility index (Phi) is 12.5. The summed E-state index contributed by atoms with van der Waals surface area (Å²) in [5.41, 5.74) is 1.71. The van der Waals surface area contributed by atoms with Crippen molar-refractivity contribution < 1.29 is 23.9 Å². The lowest BCUT2D eigenvalue weighted by Gasteiger charge is -2.30. The highest BCUT2D eigenvalue weighted by Gasteiger charge is 2.32. The van der Waals surface area contributed by atoms with Gasteiger partial charge in [0.1, 0.15) is 18.1 Å². The van der Waals surface area contributed by atoms with Gasteiger partial charge < -0.3 is 30.6 Å². The number of nitrogens with zero attached hydrogens (tertiary/aromatic N) is 1. The second-order valence-corrected chi connectivity index (χ2v) is 11.9. The third kappa shape index (κ3) is 9.21.